The van der Waals surface area contributed by atoms with Gasteiger partial charge in [0.05, 0.1) is 6.61 Å². The fourth-order valence-corrected chi connectivity index (χ4v) is 3.42. The van der Waals surface area contributed by atoms with Crippen molar-refractivity contribution in [2.24, 2.45) is 0 Å². The van der Waals surface area contributed by atoms with Gasteiger partial charge in [-0.1, -0.05) is 77.6 Å². The highest BCUT2D eigenvalue weighted by Crippen LogP contribution is 2.12. The maximum atomic E-state index is 11.8. The second-order valence-electron chi connectivity index (χ2n) is 7.89. The summed E-state index contributed by atoms with van der Waals surface area (Å²) in [5.74, 6) is -0.919. The van der Waals surface area contributed by atoms with Gasteiger partial charge in [0.1, 0.15) is 18.3 Å². The van der Waals surface area contributed by atoms with E-state index in [9.17, 15) is 33.6 Å². The Morgan fingerprint density at radius 3 is 1.71 bits per heavy atom. The zero-order valence-corrected chi connectivity index (χ0v) is 19.3. The van der Waals surface area contributed by atoms with Crippen LogP contribution in [0.4, 0.5) is 0 Å². The predicted molar refractivity (Wildman–Crippen MR) is 116 cm³/mol. The average Bonchev–Trinajstić information content (AvgIpc) is 2.72. The first kappa shape index (κ1) is 30.2. The molecule has 186 valence electrons. The molecule has 0 saturated heterocycles. The van der Waals surface area contributed by atoms with Crippen LogP contribution in [0, 0.1) is 0 Å². The van der Waals surface area contributed by atoms with E-state index in [4.69, 9.17) is 4.55 Å². The second kappa shape index (κ2) is 17.7. The SMILES string of the molecule is CCCCCCCCCCCCCCNC(=O)[C@H](O)[C@@H](O)[C@H](O)[C@H](O)COS(=O)(=O)O. The van der Waals surface area contributed by atoms with Gasteiger partial charge in [0.15, 0.2) is 6.10 Å². The fraction of sp³-hybridized carbons (Fsp3) is 0.950. The Kier molecular flexibility index (Phi) is 17.2. The van der Waals surface area contributed by atoms with Gasteiger partial charge in [-0.05, 0) is 6.42 Å². The molecular weight excluding hydrogens is 430 g/mol. The van der Waals surface area contributed by atoms with E-state index in [2.05, 4.69) is 16.4 Å². The summed E-state index contributed by atoms with van der Waals surface area (Å²) < 4.78 is 33.2. The molecule has 31 heavy (non-hydrogen) atoms. The summed E-state index contributed by atoms with van der Waals surface area (Å²) in [4.78, 5) is 11.8. The fourth-order valence-electron chi connectivity index (χ4n) is 3.11. The molecule has 0 aliphatic heterocycles. The molecule has 0 bridgehead atoms. The van der Waals surface area contributed by atoms with Gasteiger partial charge in [-0.2, -0.15) is 8.42 Å². The molecule has 0 aliphatic rings. The van der Waals surface area contributed by atoms with Crippen LogP contribution in [0.15, 0.2) is 0 Å². The Morgan fingerprint density at radius 2 is 1.26 bits per heavy atom. The summed E-state index contributed by atoms with van der Waals surface area (Å²) in [5.41, 5.74) is 0. The summed E-state index contributed by atoms with van der Waals surface area (Å²) in [6.07, 6.45) is 5.99. The minimum absolute atomic E-state index is 0.296. The van der Waals surface area contributed by atoms with Crippen molar-refractivity contribution in [3.63, 3.8) is 0 Å². The van der Waals surface area contributed by atoms with Crippen LogP contribution in [0.5, 0.6) is 0 Å². The molecule has 0 heterocycles. The quantitative estimate of drug-likeness (QED) is 0.112. The molecule has 0 aliphatic carbocycles. The summed E-state index contributed by atoms with van der Waals surface area (Å²) >= 11 is 0. The molecule has 0 rings (SSSR count). The number of amides is 1. The standard InChI is InChI=1S/C20H41NO9S/c1-2-3-4-5-6-7-8-9-10-11-12-13-14-21-20(26)19(25)18(24)17(23)16(22)15-30-31(27,28)29/h16-19,22-25H,2-15H2,1H3,(H,21,26)(H,27,28,29)/t16-,17-,18+,19-/m1/s1. The van der Waals surface area contributed by atoms with E-state index in [1.165, 1.54) is 51.4 Å². The minimum Gasteiger partial charge on any atom is -0.388 e. The lowest BCUT2D eigenvalue weighted by Gasteiger charge is -2.25. The second-order valence-corrected chi connectivity index (χ2v) is 8.98. The molecule has 6 N–H and O–H groups in total. The first-order chi connectivity index (χ1) is 14.6. The van der Waals surface area contributed by atoms with Gasteiger partial charge in [0, 0.05) is 6.54 Å². The van der Waals surface area contributed by atoms with Crippen LogP contribution in [0.3, 0.4) is 0 Å². The van der Waals surface area contributed by atoms with Crippen molar-refractivity contribution in [3.05, 3.63) is 0 Å². The van der Waals surface area contributed by atoms with Crippen LogP contribution in [0.2, 0.25) is 0 Å². The first-order valence-electron chi connectivity index (χ1n) is 11.2. The number of carbonyl (C=O) groups is 1. The molecule has 11 heteroatoms. The first-order valence-corrected chi connectivity index (χ1v) is 12.6. The van der Waals surface area contributed by atoms with Gasteiger partial charge in [-0.25, -0.2) is 4.18 Å². The molecule has 0 aromatic carbocycles. The molecule has 0 radical (unpaired) electrons. The highest BCUT2D eigenvalue weighted by atomic mass is 32.3. The summed E-state index contributed by atoms with van der Waals surface area (Å²) in [6, 6.07) is 0. The third-order valence-corrected chi connectivity index (χ3v) is 5.49. The Hall–Kier alpha value is -0.820. The lowest BCUT2D eigenvalue weighted by Crippen LogP contribution is -2.52. The van der Waals surface area contributed by atoms with E-state index in [1.807, 2.05) is 0 Å². The summed E-state index contributed by atoms with van der Waals surface area (Å²) in [6.45, 7) is 1.46. The van der Waals surface area contributed by atoms with Crippen LogP contribution in [-0.4, -0.2) is 76.9 Å². The number of aliphatic hydroxyl groups is 4. The Morgan fingerprint density at radius 1 is 0.806 bits per heavy atom. The van der Waals surface area contributed by atoms with E-state index < -0.39 is 47.3 Å². The van der Waals surface area contributed by atoms with Crippen LogP contribution in [-0.2, 0) is 19.4 Å². The van der Waals surface area contributed by atoms with Crippen molar-refractivity contribution in [2.75, 3.05) is 13.2 Å². The number of hydrogen-bond donors (Lipinski definition) is 6. The number of nitrogens with one attached hydrogen (secondary N) is 1. The van der Waals surface area contributed by atoms with E-state index in [-0.39, 0.29) is 0 Å². The molecule has 0 spiro atoms. The molecule has 0 unspecified atom stereocenters. The van der Waals surface area contributed by atoms with Crippen LogP contribution in [0.25, 0.3) is 0 Å². The molecule has 0 fully saturated rings. The largest absolute Gasteiger partial charge is 0.397 e. The Labute approximate surface area is 186 Å². The molecule has 0 aromatic rings. The van der Waals surface area contributed by atoms with Crippen LogP contribution >= 0.6 is 0 Å². The van der Waals surface area contributed by atoms with Crippen molar-refractivity contribution in [1.29, 1.82) is 0 Å². The van der Waals surface area contributed by atoms with Crippen molar-refractivity contribution in [3.8, 4) is 0 Å². The van der Waals surface area contributed by atoms with Gasteiger partial charge in [0.25, 0.3) is 5.91 Å². The average molecular weight is 472 g/mol. The van der Waals surface area contributed by atoms with Gasteiger partial charge in [-0.3, -0.25) is 9.35 Å². The maximum Gasteiger partial charge on any atom is 0.397 e. The van der Waals surface area contributed by atoms with Crippen molar-refractivity contribution in [1.82, 2.24) is 5.32 Å². The third kappa shape index (κ3) is 16.5. The maximum absolute atomic E-state index is 11.8. The summed E-state index contributed by atoms with van der Waals surface area (Å²) in [5, 5.41) is 41.2. The van der Waals surface area contributed by atoms with E-state index in [0.29, 0.717) is 13.0 Å². The zero-order valence-electron chi connectivity index (χ0n) is 18.5. The van der Waals surface area contributed by atoms with E-state index >= 15 is 0 Å². The monoisotopic (exact) mass is 471 g/mol. The molecule has 0 saturated carbocycles. The van der Waals surface area contributed by atoms with Crippen molar-refractivity contribution in [2.45, 2.75) is 108 Å². The normalized spacial score (nSPS) is 15.9. The molecule has 1 amide bonds. The molecule has 4 atom stereocenters. The smallest absolute Gasteiger partial charge is 0.388 e. The highest BCUT2D eigenvalue weighted by molar-refractivity contribution is 7.80. The van der Waals surface area contributed by atoms with Crippen LogP contribution in [0.1, 0.15) is 84.0 Å². The van der Waals surface area contributed by atoms with Gasteiger partial charge in [-0.15, -0.1) is 0 Å². The van der Waals surface area contributed by atoms with Gasteiger partial charge >= 0.3 is 10.4 Å². The zero-order chi connectivity index (χ0) is 23.7. The third-order valence-electron chi connectivity index (χ3n) is 5.05. The van der Waals surface area contributed by atoms with Crippen LogP contribution < -0.4 is 5.32 Å². The van der Waals surface area contributed by atoms with Crippen molar-refractivity contribution < 1.29 is 42.4 Å². The Balaban J connectivity index is 3.82. The number of carbonyl (C=O) groups excluding carboxylic acids is 1. The van der Waals surface area contributed by atoms with Gasteiger partial charge in [0.2, 0.25) is 0 Å². The molecule has 10 nitrogen and oxygen atoms in total. The van der Waals surface area contributed by atoms with Crippen molar-refractivity contribution >= 4 is 16.3 Å². The summed E-state index contributed by atoms with van der Waals surface area (Å²) in [7, 11) is -4.84. The number of rotatable bonds is 20. The highest BCUT2D eigenvalue weighted by Gasteiger charge is 2.34. The van der Waals surface area contributed by atoms with E-state index in [1.54, 1.807) is 0 Å². The predicted octanol–water partition coefficient (Wildman–Crippen LogP) is 1.07. The Bertz CT molecular complexity index is 559. The number of hydrogen-bond acceptors (Lipinski definition) is 8. The molecule has 0 aromatic heterocycles. The number of aliphatic hydroxyl groups excluding tert-OH is 4. The topological polar surface area (TPSA) is 174 Å². The minimum atomic E-state index is -4.84. The van der Waals surface area contributed by atoms with Gasteiger partial charge < -0.3 is 25.7 Å². The lowest BCUT2D eigenvalue weighted by atomic mass is 10.0. The van der Waals surface area contributed by atoms with E-state index in [0.717, 1.165) is 19.3 Å². The number of unbranched alkanes of at least 4 members (excludes halogenated alkanes) is 11. The lowest BCUT2D eigenvalue weighted by molar-refractivity contribution is -0.148. The molecular formula is C20H41NO9S.